The van der Waals surface area contributed by atoms with Crippen LogP contribution in [0.5, 0.6) is 0 Å². The summed E-state index contributed by atoms with van der Waals surface area (Å²) in [7, 11) is 0. The Bertz CT molecular complexity index is 1320. The number of hydrogen-bond donors (Lipinski definition) is 2. The fraction of sp³-hybridized carbons (Fsp3) is 0.179. The summed E-state index contributed by atoms with van der Waals surface area (Å²) in [5, 5.41) is 20.2. The van der Waals surface area contributed by atoms with E-state index in [1.165, 1.54) is 4.90 Å². The number of aryl methyl sites for hydroxylation is 3. The number of carboxylic acid groups (broad SMARTS) is 1. The summed E-state index contributed by atoms with van der Waals surface area (Å²) >= 11 is 0. The lowest BCUT2D eigenvalue weighted by Crippen LogP contribution is -2.29. The van der Waals surface area contributed by atoms with Gasteiger partial charge in [-0.2, -0.15) is 0 Å². The Morgan fingerprint density at radius 2 is 1.47 bits per heavy atom. The molecule has 1 heterocycles. The molecule has 1 amide bonds. The molecular weight excluding hydrogens is 430 g/mol. The molecule has 4 rings (SSSR count). The summed E-state index contributed by atoms with van der Waals surface area (Å²) in [6, 6.07) is 18.3. The Morgan fingerprint density at radius 1 is 0.853 bits per heavy atom. The first kappa shape index (κ1) is 23.0. The number of amides is 1. The second-order valence-electron chi connectivity index (χ2n) is 8.57. The van der Waals surface area contributed by atoms with Crippen LogP contribution in [0.15, 0.2) is 72.3 Å². The van der Waals surface area contributed by atoms with E-state index < -0.39 is 23.7 Å². The number of aliphatic hydroxyl groups excluding tert-OH is 1. The van der Waals surface area contributed by atoms with E-state index in [1.807, 2.05) is 32.9 Å². The molecule has 6 heteroatoms. The molecule has 1 unspecified atom stereocenters. The molecule has 1 saturated heterocycles. The van der Waals surface area contributed by atoms with Crippen molar-refractivity contribution in [2.75, 3.05) is 4.90 Å². The van der Waals surface area contributed by atoms with E-state index in [4.69, 9.17) is 5.11 Å². The summed E-state index contributed by atoms with van der Waals surface area (Å²) in [4.78, 5) is 39.0. The van der Waals surface area contributed by atoms with Gasteiger partial charge in [-0.3, -0.25) is 19.3 Å². The number of carbonyl (C=O) groups is 3. The van der Waals surface area contributed by atoms with Crippen LogP contribution < -0.4 is 4.90 Å². The standard InChI is InChI=1S/C28H25NO5/c1-16-13-18(3)22(14-17(16)2)25-24(26(32)20-7-5-4-6-8-20)27(33)28(34)29(25)21-11-9-19(10-12-21)15-23(30)31/h4-14,25,32H,15H2,1-3H3,(H,30,31)/b26-24+. The fourth-order valence-electron chi connectivity index (χ4n) is 4.37. The van der Waals surface area contributed by atoms with Gasteiger partial charge in [-0.15, -0.1) is 0 Å². The van der Waals surface area contributed by atoms with E-state index in [2.05, 4.69) is 0 Å². The molecule has 3 aromatic rings. The van der Waals surface area contributed by atoms with Crippen LogP contribution in [-0.4, -0.2) is 27.9 Å². The lowest BCUT2D eigenvalue weighted by atomic mass is 9.90. The third-order valence-corrected chi connectivity index (χ3v) is 6.24. The van der Waals surface area contributed by atoms with Crippen molar-refractivity contribution in [3.05, 3.63) is 106 Å². The Morgan fingerprint density at radius 3 is 2.09 bits per heavy atom. The van der Waals surface area contributed by atoms with Crippen LogP contribution in [0.1, 0.15) is 39.4 Å². The average molecular weight is 456 g/mol. The molecule has 0 radical (unpaired) electrons. The van der Waals surface area contributed by atoms with E-state index in [-0.39, 0.29) is 17.8 Å². The van der Waals surface area contributed by atoms with Gasteiger partial charge in [0.15, 0.2) is 0 Å². The first-order valence-electron chi connectivity index (χ1n) is 10.9. The molecule has 0 aliphatic carbocycles. The number of benzene rings is 3. The number of carbonyl (C=O) groups excluding carboxylic acids is 2. The van der Waals surface area contributed by atoms with Crippen molar-refractivity contribution in [2.24, 2.45) is 0 Å². The highest BCUT2D eigenvalue weighted by molar-refractivity contribution is 6.51. The number of hydrogen-bond acceptors (Lipinski definition) is 4. The highest BCUT2D eigenvalue weighted by Crippen LogP contribution is 2.43. The highest BCUT2D eigenvalue weighted by atomic mass is 16.4. The van der Waals surface area contributed by atoms with Crippen molar-refractivity contribution in [1.82, 2.24) is 0 Å². The number of Topliss-reactive ketones (excluding diaryl/α,β-unsaturated/α-hetero) is 1. The number of aliphatic carboxylic acids is 1. The van der Waals surface area contributed by atoms with Crippen molar-refractivity contribution in [3.63, 3.8) is 0 Å². The molecule has 0 saturated carbocycles. The maximum absolute atomic E-state index is 13.3. The number of anilines is 1. The van der Waals surface area contributed by atoms with E-state index >= 15 is 0 Å². The summed E-state index contributed by atoms with van der Waals surface area (Å²) in [6.07, 6.45) is -0.146. The topological polar surface area (TPSA) is 94.9 Å². The van der Waals surface area contributed by atoms with Gasteiger partial charge in [0.25, 0.3) is 11.7 Å². The lowest BCUT2D eigenvalue weighted by Gasteiger charge is -2.27. The minimum absolute atomic E-state index is 0.0252. The van der Waals surface area contributed by atoms with Crippen molar-refractivity contribution in [1.29, 1.82) is 0 Å². The van der Waals surface area contributed by atoms with Gasteiger partial charge < -0.3 is 10.2 Å². The number of nitrogens with zero attached hydrogens (tertiary/aromatic N) is 1. The molecule has 2 N–H and O–H groups in total. The van der Waals surface area contributed by atoms with Crippen LogP contribution in [0.25, 0.3) is 5.76 Å². The number of ketones is 1. The predicted octanol–water partition coefficient (Wildman–Crippen LogP) is 4.87. The van der Waals surface area contributed by atoms with Crippen molar-refractivity contribution in [3.8, 4) is 0 Å². The molecule has 172 valence electrons. The summed E-state index contributed by atoms with van der Waals surface area (Å²) < 4.78 is 0. The molecule has 1 aliphatic rings. The first-order chi connectivity index (χ1) is 16.2. The smallest absolute Gasteiger partial charge is 0.307 e. The van der Waals surface area contributed by atoms with E-state index in [0.29, 0.717) is 16.8 Å². The molecule has 6 nitrogen and oxygen atoms in total. The molecule has 3 aromatic carbocycles. The number of aliphatic hydroxyl groups is 1. The second-order valence-corrected chi connectivity index (χ2v) is 8.57. The summed E-state index contributed by atoms with van der Waals surface area (Å²) in [5.41, 5.74) is 5.22. The maximum Gasteiger partial charge on any atom is 0.307 e. The minimum Gasteiger partial charge on any atom is -0.507 e. The van der Waals surface area contributed by atoms with Crippen molar-refractivity contribution < 1.29 is 24.6 Å². The summed E-state index contributed by atoms with van der Waals surface area (Å²) in [6.45, 7) is 5.87. The van der Waals surface area contributed by atoms with Gasteiger partial charge in [0.1, 0.15) is 5.76 Å². The molecular formula is C28H25NO5. The Hall–Kier alpha value is -4.19. The Kier molecular flexibility index (Phi) is 6.07. The van der Waals surface area contributed by atoms with Crippen LogP contribution in [-0.2, 0) is 20.8 Å². The van der Waals surface area contributed by atoms with Crippen LogP contribution >= 0.6 is 0 Å². The molecule has 0 aromatic heterocycles. The van der Waals surface area contributed by atoms with E-state index in [9.17, 15) is 19.5 Å². The van der Waals surface area contributed by atoms with Gasteiger partial charge in [-0.1, -0.05) is 54.6 Å². The zero-order valence-corrected chi connectivity index (χ0v) is 19.2. The zero-order valence-electron chi connectivity index (χ0n) is 19.2. The third-order valence-electron chi connectivity index (χ3n) is 6.24. The van der Waals surface area contributed by atoms with E-state index in [0.717, 1.165) is 22.3 Å². The first-order valence-corrected chi connectivity index (χ1v) is 10.9. The van der Waals surface area contributed by atoms with Gasteiger partial charge in [-0.25, -0.2) is 0 Å². The Balaban J connectivity index is 1.93. The predicted molar refractivity (Wildman–Crippen MR) is 130 cm³/mol. The molecule has 34 heavy (non-hydrogen) atoms. The van der Waals surface area contributed by atoms with Gasteiger partial charge in [0.05, 0.1) is 18.0 Å². The maximum atomic E-state index is 13.3. The molecule has 0 spiro atoms. The van der Waals surface area contributed by atoms with Crippen LogP contribution in [0.4, 0.5) is 5.69 Å². The monoisotopic (exact) mass is 455 g/mol. The molecule has 1 atom stereocenters. The third kappa shape index (κ3) is 4.10. The molecule has 1 fully saturated rings. The molecule has 1 aliphatic heterocycles. The van der Waals surface area contributed by atoms with Gasteiger partial charge in [0, 0.05) is 11.3 Å². The fourth-order valence-corrected chi connectivity index (χ4v) is 4.37. The normalized spacial score (nSPS) is 17.3. The van der Waals surface area contributed by atoms with Gasteiger partial charge in [-0.05, 0) is 60.7 Å². The lowest BCUT2D eigenvalue weighted by molar-refractivity contribution is -0.136. The SMILES string of the molecule is Cc1cc(C)c(C2/C(=C(\O)c3ccccc3)C(=O)C(=O)N2c2ccc(CC(=O)O)cc2)cc1C. The second kappa shape index (κ2) is 8.98. The van der Waals surface area contributed by atoms with Crippen molar-refractivity contribution >= 4 is 29.1 Å². The van der Waals surface area contributed by atoms with E-state index in [1.54, 1.807) is 54.6 Å². The average Bonchev–Trinajstić information content (AvgIpc) is 3.07. The zero-order chi connectivity index (χ0) is 24.6. The van der Waals surface area contributed by atoms with Crippen LogP contribution in [0.2, 0.25) is 0 Å². The van der Waals surface area contributed by atoms with Crippen LogP contribution in [0.3, 0.4) is 0 Å². The van der Waals surface area contributed by atoms with Gasteiger partial charge >= 0.3 is 5.97 Å². The largest absolute Gasteiger partial charge is 0.507 e. The van der Waals surface area contributed by atoms with Gasteiger partial charge in [0.2, 0.25) is 0 Å². The summed E-state index contributed by atoms with van der Waals surface area (Å²) in [5.74, 6) is -2.70. The minimum atomic E-state index is -0.957. The quantitative estimate of drug-likeness (QED) is 0.325. The van der Waals surface area contributed by atoms with Crippen molar-refractivity contribution in [2.45, 2.75) is 33.2 Å². The number of carboxylic acids is 1. The Labute approximate surface area is 197 Å². The number of rotatable bonds is 5. The van der Waals surface area contributed by atoms with Crippen LogP contribution in [0, 0.1) is 20.8 Å². The highest BCUT2D eigenvalue weighted by Gasteiger charge is 2.47. The molecule has 0 bridgehead atoms.